The summed E-state index contributed by atoms with van der Waals surface area (Å²) in [6, 6.07) is 4.84. The highest BCUT2D eigenvalue weighted by Gasteiger charge is 2.31. The molecule has 0 bridgehead atoms. The molecule has 0 saturated carbocycles. The number of Topliss-reactive ketones (excluding diaryl/α,β-unsaturated/α-hetero) is 2. The van der Waals surface area contributed by atoms with Crippen molar-refractivity contribution >= 4 is 31.0 Å². The average Bonchev–Trinajstić information content (AvgIpc) is 2.31. The highest BCUT2D eigenvalue weighted by Crippen LogP contribution is 2.29. The van der Waals surface area contributed by atoms with Gasteiger partial charge in [0.15, 0.2) is 5.78 Å². The first-order chi connectivity index (χ1) is 8.51. The van der Waals surface area contributed by atoms with Gasteiger partial charge in [0, 0.05) is 5.02 Å². The van der Waals surface area contributed by atoms with E-state index in [1.807, 2.05) is 0 Å². The third-order valence-electron chi connectivity index (χ3n) is 2.42. The summed E-state index contributed by atoms with van der Waals surface area (Å²) in [5.41, 5.74) is 0.397. The van der Waals surface area contributed by atoms with Crippen LogP contribution in [-0.2, 0) is 4.79 Å². The molecule has 2 rings (SSSR count). The molecule has 1 atom stereocenters. The molecule has 1 aromatic rings. The van der Waals surface area contributed by atoms with Crippen LogP contribution in [0.1, 0.15) is 17.3 Å². The zero-order valence-corrected chi connectivity index (χ0v) is 10.2. The number of ketones is 2. The zero-order chi connectivity index (χ0) is 13.7. The summed E-state index contributed by atoms with van der Waals surface area (Å²) >= 11 is 5.78. The molecule has 1 unspecified atom stereocenters. The lowest BCUT2D eigenvalue weighted by atomic mass is 9.92. The molecule has 1 heterocycles. The van der Waals surface area contributed by atoms with Crippen LogP contribution in [0.2, 0.25) is 5.02 Å². The van der Waals surface area contributed by atoms with Crippen LogP contribution in [0.5, 0.6) is 5.75 Å². The Kier molecular flexibility index (Phi) is 5.28. The molecule has 0 saturated heterocycles. The van der Waals surface area contributed by atoms with Crippen LogP contribution in [-0.4, -0.2) is 26.0 Å². The smallest absolute Gasteiger partial charge is 0.492 e. The molecule has 0 spiro atoms. The van der Waals surface area contributed by atoms with E-state index in [-0.39, 0.29) is 18.2 Å². The van der Waals surface area contributed by atoms with Gasteiger partial charge in [-0.25, -0.2) is 0 Å². The Morgan fingerprint density at radius 3 is 2.67 bits per heavy atom. The van der Waals surface area contributed by atoms with Gasteiger partial charge in [0.1, 0.15) is 24.1 Å². The van der Waals surface area contributed by atoms with E-state index in [0.717, 1.165) is 0 Å². The topological polar surface area (TPSA) is 43.4 Å². The van der Waals surface area contributed by atoms with Gasteiger partial charge in [-0.05, 0) is 25.1 Å². The van der Waals surface area contributed by atoms with Gasteiger partial charge < -0.3 is 4.74 Å². The van der Waals surface area contributed by atoms with Crippen LogP contribution in [0.25, 0.3) is 0 Å². The first kappa shape index (κ1) is 14.6. The maximum absolute atomic E-state index is 11.9. The van der Waals surface area contributed by atoms with Crippen molar-refractivity contribution in [3.8, 4) is 5.75 Å². The number of carbonyl (C=O) groups is 2. The van der Waals surface area contributed by atoms with Crippen LogP contribution in [0, 0.1) is 5.92 Å². The maximum atomic E-state index is 11.9. The summed E-state index contributed by atoms with van der Waals surface area (Å²) in [6.45, 7) is 1.52. The third-order valence-corrected chi connectivity index (χ3v) is 2.65. The number of benzene rings is 1. The maximum Gasteiger partial charge on any atom is 0.577 e. The van der Waals surface area contributed by atoms with E-state index in [2.05, 4.69) is 0 Å². The second kappa shape index (κ2) is 6.49. The number of rotatable bonds is 1. The van der Waals surface area contributed by atoms with E-state index in [9.17, 15) is 18.2 Å². The Morgan fingerprint density at radius 1 is 1.50 bits per heavy atom. The molecular weight excluding hydrogens is 264 g/mol. The van der Waals surface area contributed by atoms with Crippen LogP contribution >= 0.6 is 11.6 Å². The van der Waals surface area contributed by atoms with Gasteiger partial charge in [0.05, 0.1) is 5.56 Å². The average molecular weight is 273 g/mol. The molecule has 1 aliphatic rings. The van der Waals surface area contributed by atoms with E-state index >= 15 is 0 Å². The fourth-order valence-corrected chi connectivity index (χ4v) is 1.73. The fourth-order valence-electron chi connectivity index (χ4n) is 1.56. The second-order valence-electron chi connectivity index (χ2n) is 3.56. The van der Waals surface area contributed by atoms with Crippen molar-refractivity contribution in [1.82, 2.24) is 0 Å². The molecular formula is C11H9BClF2O3. The fraction of sp³-hybridized carbons (Fsp3) is 0.273. The molecule has 1 aliphatic heterocycles. The molecule has 0 fully saturated rings. The van der Waals surface area contributed by atoms with Gasteiger partial charge in [0.25, 0.3) is 0 Å². The van der Waals surface area contributed by atoms with Crippen molar-refractivity contribution in [2.75, 3.05) is 6.61 Å². The van der Waals surface area contributed by atoms with E-state index < -0.39 is 13.8 Å². The standard InChI is InChI=1S/C11H9ClO3.BF2/c1-6(13)9-5-15-10-3-2-7(12)4-8(10)11(9)14;2-1-3/h2-4,9H,5H2,1H3;. The van der Waals surface area contributed by atoms with E-state index in [4.69, 9.17) is 16.3 Å². The summed E-state index contributed by atoms with van der Waals surface area (Å²) < 4.78 is 24.3. The SMILES string of the molecule is CC(=O)C1COc2ccc(Cl)cc2C1=O.F[B]F. The Labute approximate surface area is 108 Å². The molecule has 1 aromatic carbocycles. The summed E-state index contributed by atoms with van der Waals surface area (Å²) in [5.74, 6) is -0.560. The summed E-state index contributed by atoms with van der Waals surface area (Å²) in [4.78, 5) is 23.0. The Bertz CT molecular complexity index is 468. The number of ether oxygens (including phenoxy) is 1. The predicted octanol–water partition coefficient (Wildman–Crippen LogP) is 2.58. The number of carbonyl (C=O) groups excluding carboxylic acids is 2. The van der Waals surface area contributed by atoms with Crippen LogP contribution < -0.4 is 4.74 Å². The number of hydrogen-bond acceptors (Lipinski definition) is 3. The normalized spacial score (nSPS) is 16.9. The molecule has 0 aromatic heterocycles. The Balaban J connectivity index is 0.000000492. The van der Waals surface area contributed by atoms with Gasteiger partial charge >= 0.3 is 7.83 Å². The molecule has 95 valence electrons. The van der Waals surface area contributed by atoms with Gasteiger partial charge in [-0.15, -0.1) is 0 Å². The number of fused-ring (bicyclic) bond motifs is 1. The van der Waals surface area contributed by atoms with E-state index in [0.29, 0.717) is 16.3 Å². The quantitative estimate of drug-likeness (QED) is 0.583. The van der Waals surface area contributed by atoms with Gasteiger partial charge in [0.2, 0.25) is 0 Å². The Morgan fingerprint density at radius 2 is 2.11 bits per heavy atom. The lowest BCUT2D eigenvalue weighted by molar-refractivity contribution is -0.120. The largest absolute Gasteiger partial charge is 0.577 e. The van der Waals surface area contributed by atoms with Crippen molar-refractivity contribution in [2.45, 2.75) is 6.92 Å². The van der Waals surface area contributed by atoms with Crippen molar-refractivity contribution in [3.63, 3.8) is 0 Å². The highest BCUT2D eigenvalue weighted by atomic mass is 35.5. The van der Waals surface area contributed by atoms with Crippen LogP contribution in [0.15, 0.2) is 18.2 Å². The lowest BCUT2D eigenvalue weighted by Gasteiger charge is -2.22. The van der Waals surface area contributed by atoms with E-state index in [1.165, 1.54) is 13.0 Å². The molecule has 18 heavy (non-hydrogen) atoms. The summed E-state index contributed by atoms with van der Waals surface area (Å²) in [6.07, 6.45) is 0. The third kappa shape index (κ3) is 3.29. The molecule has 0 aliphatic carbocycles. The molecule has 3 nitrogen and oxygen atoms in total. The Hall–Kier alpha value is -1.43. The van der Waals surface area contributed by atoms with Crippen LogP contribution in [0.4, 0.5) is 8.63 Å². The van der Waals surface area contributed by atoms with Crippen LogP contribution in [0.3, 0.4) is 0 Å². The molecule has 7 heteroatoms. The minimum atomic E-state index is -1.00. The number of hydrogen-bond donors (Lipinski definition) is 0. The molecule has 0 N–H and O–H groups in total. The first-order valence-corrected chi connectivity index (χ1v) is 5.38. The predicted molar refractivity (Wildman–Crippen MR) is 63.4 cm³/mol. The summed E-state index contributed by atoms with van der Waals surface area (Å²) in [5, 5.41) is 0.468. The van der Waals surface area contributed by atoms with Gasteiger partial charge in [-0.2, -0.15) is 0 Å². The minimum absolute atomic E-state index is 0.128. The van der Waals surface area contributed by atoms with E-state index in [1.54, 1.807) is 12.1 Å². The molecule has 1 radical (unpaired) electrons. The highest BCUT2D eigenvalue weighted by molar-refractivity contribution is 6.31. The van der Waals surface area contributed by atoms with Gasteiger partial charge in [-0.1, -0.05) is 11.6 Å². The van der Waals surface area contributed by atoms with Crippen molar-refractivity contribution < 1.29 is 23.0 Å². The zero-order valence-electron chi connectivity index (χ0n) is 9.45. The second-order valence-corrected chi connectivity index (χ2v) is 4.00. The summed E-state index contributed by atoms with van der Waals surface area (Å²) in [7, 11) is -1.00. The minimum Gasteiger partial charge on any atom is -0.492 e. The lowest BCUT2D eigenvalue weighted by Crippen LogP contribution is -2.32. The number of halogens is 3. The first-order valence-electron chi connectivity index (χ1n) is 5.00. The van der Waals surface area contributed by atoms with Gasteiger partial charge in [-0.3, -0.25) is 18.2 Å². The monoisotopic (exact) mass is 273 g/mol. The molecule has 0 amide bonds. The van der Waals surface area contributed by atoms with Crippen molar-refractivity contribution in [3.05, 3.63) is 28.8 Å². The van der Waals surface area contributed by atoms with Crippen molar-refractivity contribution in [2.24, 2.45) is 5.92 Å². The van der Waals surface area contributed by atoms with Crippen molar-refractivity contribution in [1.29, 1.82) is 0 Å².